The Kier molecular flexibility index (Phi) is 2.22. The van der Waals surface area contributed by atoms with E-state index in [1.807, 2.05) is 6.08 Å². The predicted molar refractivity (Wildman–Crippen MR) is 50.8 cm³/mol. The van der Waals surface area contributed by atoms with Gasteiger partial charge in [0.1, 0.15) is 6.29 Å². The Balaban J connectivity index is 3.05. The maximum atomic E-state index is 10.9. The second kappa shape index (κ2) is 2.89. The number of allylic oxidation sites excluding steroid dienone is 3. The molecule has 1 nitrogen and oxygen atoms in total. The Morgan fingerprint density at radius 1 is 1.58 bits per heavy atom. The van der Waals surface area contributed by atoms with Crippen molar-refractivity contribution >= 4 is 6.29 Å². The maximum absolute atomic E-state index is 10.9. The molecule has 0 aromatic heterocycles. The van der Waals surface area contributed by atoms with Crippen molar-refractivity contribution in [2.45, 2.75) is 20.8 Å². The molecule has 0 unspecified atom stereocenters. The molecule has 1 rings (SSSR count). The summed E-state index contributed by atoms with van der Waals surface area (Å²) in [4.78, 5) is 10.9. The van der Waals surface area contributed by atoms with Crippen LogP contribution in [-0.4, -0.2) is 6.29 Å². The second-order valence-corrected chi connectivity index (χ2v) is 4.13. The van der Waals surface area contributed by atoms with Gasteiger partial charge >= 0.3 is 0 Å². The highest BCUT2D eigenvalue weighted by molar-refractivity contribution is 5.59. The summed E-state index contributed by atoms with van der Waals surface area (Å²) in [6, 6.07) is 0. The molecule has 1 aliphatic rings. The van der Waals surface area contributed by atoms with Crippen LogP contribution in [0.2, 0.25) is 0 Å². The van der Waals surface area contributed by atoms with E-state index >= 15 is 0 Å². The van der Waals surface area contributed by atoms with Gasteiger partial charge in [-0.05, 0) is 16.9 Å². The van der Waals surface area contributed by atoms with Crippen molar-refractivity contribution in [1.82, 2.24) is 0 Å². The van der Waals surface area contributed by atoms with Gasteiger partial charge in [0.05, 0.1) is 0 Å². The molecular formula is C11H16O. The standard InChI is InChI=1S/C11H16O/c1-8-5-6-9(2)11(3,4)10(8)7-12/h5-8,10H,2H2,1,3-4H3/t8-,10-/m0/s1. The quantitative estimate of drug-likeness (QED) is 0.544. The van der Waals surface area contributed by atoms with Gasteiger partial charge in [0.2, 0.25) is 0 Å². The zero-order chi connectivity index (χ0) is 9.35. The number of aldehydes is 1. The van der Waals surface area contributed by atoms with Gasteiger partial charge in [-0.25, -0.2) is 0 Å². The first-order valence-electron chi connectivity index (χ1n) is 4.33. The molecule has 0 N–H and O–H groups in total. The Labute approximate surface area is 74.2 Å². The van der Waals surface area contributed by atoms with E-state index in [1.165, 1.54) is 0 Å². The molecule has 0 amide bonds. The van der Waals surface area contributed by atoms with E-state index in [4.69, 9.17) is 0 Å². The minimum absolute atomic E-state index is 0.0735. The van der Waals surface area contributed by atoms with Crippen LogP contribution in [0, 0.1) is 17.3 Å². The van der Waals surface area contributed by atoms with E-state index in [1.54, 1.807) is 0 Å². The molecule has 66 valence electrons. The maximum Gasteiger partial charge on any atom is 0.124 e. The number of rotatable bonds is 1. The highest BCUT2D eigenvalue weighted by atomic mass is 16.1. The highest BCUT2D eigenvalue weighted by Crippen LogP contribution is 2.41. The zero-order valence-corrected chi connectivity index (χ0v) is 8.00. The van der Waals surface area contributed by atoms with Crippen LogP contribution in [0.5, 0.6) is 0 Å². The number of carbonyl (C=O) groups is 1. The van der Waals surface area contributed by atoms with Gasteiger partial charge in [-0.1, -0.05) is 39.5 Å². The number of hydrogen-bond acceptors (Lipinski definition) is 1. The van der Waals surface area contributed by atoms with Crippen LogP contribution in [0.4, 0.5) is 0 Å². The first kappa shape index (κ1) is 9.24. The SMILES string of the molecule is C=C1C=C[C@H](C)[C@H](C=O)C1(C)C. The Morgan fingerprint density at radius 2 is 2.17 bits per heavy atom. The number of carbonyl (C=O) groups excluding carboxylic acids is 1. The molecule has 12 heavy (non-hydrogen) atoms. The van der Waals surface area contributed by atoms with Crippen LogP contribution in [0.15, 0.2) is 24.3 Å². The molecule has 0 aliphatic heterocycles. The fourth-order valence-corrected chi connectivity index (χ4v) is 1.77. The summed E-state index contributed by atoms with van der Waals surface area (Å²) in [6.45, 7) is 10.2. The van der Waals surface area contributed by atoms with Gasteiger partial charge in [-0.2, -0.15) is 0 Å². The van der Waals surface area contributed by atoms with E-state index in [0.29, 0.717) is 5.92 Å². The van der Waals surface area contributed by atoms with Crippen LogP contribution < -0.4 is 0 Å². The van der Waals surface area contributed by atoms with E-state index in [9.17, 15) is 4.79 Å². The summed E-state index contributed by atoms with van der Waals surface area (Å²) in [5.41, 5.74) is 0.980. The van der Waals surface area contributed by atoms with Gasteiger partial charge < -0.3 is 4.79 Å². The zero-order valence-electron chi connectivity index (χ0n) is 8.00. The van der Waals surface area contributed by atoms with Crippen molar-refractivity contribution in [1.29, 1.82) is 0 Å². The largest absolute Gasteiger partial charge is 0.303 e. The molecule has 0 radical (unpaired) electrons. The topological polar surface area (TPSA) is 17.1 Å². The third-order valence-electron chi connectivity index (χ3n) is 2.97. The molecule has 2 atom stereocenters. The normalized spacial score (nSPS) is 33.4. The van der Waals surface area contributed by atoms with Crippen molar-refractivity contribution in [2.75, 3.05) is 0 Å². The first-order chi connectivity index (χ1) is 5.50. The van der Waals surface area contributed by atoms with Crippen LogP contribution in [0.25, 0.3) is 0 Å². The Bertz CT molecular complexity index is 235. The third-order valence-corrected chi connectivity index (χ3v) is 2.97. The molecule has 0 saturated heterocycles. The summed E-state index contributed by atoms with van der Waals surface area (Å²) in [6.07, 6.45) is 5.15. The van der Waals surface area contributed by atoms with E-state index in [-0.39, 0.29) is 11.3 Å². The minimum atomic E-state index is -0.0735. The summed E-state index contributed by atoms with van der Waals surface area (Å²) in [7, 11) is 0. The molecule has 0 aromatic rings. The lowest BCUT2D eigenvalue weighted by Crippen LogP contribution is -2.33. The lowest BCUT2D eigenvalue weighted by molar-refractivity contribution is -0.114. The molecule has 0 aromatic carbocycles. The monoisotopic (exact) mass is 164 g/mol. The van der Waals surface area contributed by atoms with Gasteiger partial charge in [-0.15, -0.1) is 0 Å². The average molecular weight is 164 g/mol. The van der Waals surface area contributed by atoms with E-state index < -0.39 is 0 Å². The molecule has 0 fully saturated rings. The van der Waals surface area contributed by atoms with Crippen molar-refractivity contribution in [2.24, 2.45) is 17.3 Å². The smallest absolute Gasteiger partial charge is 0.124 e. The van der Waals surface area contributed by atoms with Gasteiger partial charge in [0, 0.05) is 5.92 Å². The lowest BCUT2D eigenvalue weighted by Gasteiger charge is -2.37. The van der Waals surface area contributed by atoms with E-state index in [2.05, 4.69) is 33.4 Å². The lowest BCUT2D eigenvalue weighted by atomic mass is 9.66. The summed E-state index contributed by atoms with van der Waals surface area (Å²) >= 11 is 0. The summed E-state index contributed by atoms with van der Waals surface area (Å²) in [5, 5.41) is 0. The summed E-state index contributed by atoms with van der Waals surface area (Å²) < 4.78 is 0. The molecule has 0 heterocycles. The number of hydrogen-bond donors (Lipinski definition) is 0. The predicted octanol–water partition coefficient (Wildman–Crippen LogP) is 2.59. The minimum Gasteiger partial charge on any atom is -0.303 e. The molecule has 0 spiro atoms. The Morgan fingerprint density at radius 3 is 2.58 bits per heavy atom. The van der Waals surface area contributed by atoms with Crippen molar-refractivity contribution in [3.63, 3.8) is 0 Å². The highest BCUT2D eigenvalue weighted by Gasteiger charge is 2.36. The average Bonchev–Trinajstić information content (AvgIpc) is 1.98. The van der Waals surface area contributed by atoms with Crippen LogP contribution >= 0.6 is 0 Å². The van der Waals surface area contributed by atoms with Crippen LogP contribution in [0.3, 0.4) is 0 Å². The van der Waals surface area contributed by atoms with Gasteiger partial charge in [0.15, 0.2) is 0 Å². The van der Waals surface area contributed by atoms with Crippen LogP contribution in [-0.2, 0) is 4.79 Å². The molecule has 0 bridgehead atoms. The molecule has 1 heteroatoms. The van der Waals surface area contributed by atoms with Crippen LogP contribution in [0.1, 0.15) is 20.8 Å². The van der Waals surface area contributed by atoms with Crippen molar-refractivity contribution in [3.8, 4) is 0 Å². The third kappa shape index (κ3) is 1.24. The fourth-order valence-electron chi connectivity index (χ4n) is 1.77. The van der Waals surface area contributed by atoms with Gasteiger partial charge in [0.25, 0.3) is 0 Å². The van der Waals surface area contributed by atoms with E-state index in [0.717, 1.165) is 11.9 Å². The summed E-state index contributed by atoms with van der Waals surface area (Å²) in [5.74, 6) is 0.415. The fraction of sp³-hybridized carbons (Fsp3) is 0.545. The molecule has 0 saturated carbocycles. The molecule has 1 aliphatic carbocycles. The Hall–Kier alpha value is -0.850. The van der Waals surface area contributed by atoms with Crippen molar-refractivity contribution in [3.05, 3.63) is 24.3 Å². The van der Waals surface area contributed by atoms with Gasteiger partial charge in [-0.3, -0.25) is 0 Å². The molecular weight excluding hydrogens is 148 g/mol. The van der Waals surface area contributed by atoms with Crippen molar-refractivity contribution < 1.29 is 4.79 Å². The first-order valence-corrected chi connectivity index (χ1v) is 4.33. The second-order valence-electron chi connectivity index (χ2n) is 4.13.